The molecular formula is C25H21N3O5. The number of hydrazone groups is 1. The zero-order valence-corrected chi connectivity index (χ0v) is 17.6. The zero-order valence-electron chi connectivity index (χ0n) is 17.6. The third-order valence-corrected chi connectivity index (χ3v) is 7.39. The molecule has 0 spiro atoms. The fourth-order valence-electron chi connectivity index (χ4n) is 5.71. The number of carbonyl (C=O) groups is 2. The second-order valence-corrected chi connectivity index (χ2v) is 9.17. The summed E-state index contributed by atoms with van der Waals surface area (Å²) in [6.45, 7) is 0.281. The van der Waals surface area contributed by atoms with Crippen LogP contribution >= 0.6 is 0 Å². The third-order valence-electron chi connectivity index (χ3n) is 7.39. The van der Waals surface area contributed by atoms with Crippen LogP contribution in [0.25, 0.3) is 0 Å². The number of benzene rings is 2. The molecule has 4 aliphatic carbocycles. The van der Waals surface area contributed by atoms with Gasteiger partial charge in [0.15, 0.2) is 0 Å². The number of nitrogens with zero attached hydrogens (tertiary/aromatic N) is 3. The van der Waals surface area contributed by atoms with Crippen LogP contribution in [0.4, 0.5) is 5.69 Å². The molecule has 0 radical (unpaired) electrons. The van der Waals surface area contributed by atoms with Crippen LogP contribution in [-0.4, -0.2) is 28.0 Å². The fourth-order valence-corrected chi connectivity index (χ4v) is 5.71. The third kappa shape index (κ3) is 3.25. The van der Waals surface area contributed by atoms with Gasteiger partial charge in [0.1, 0.15) is 12.4 Å². The summed E-state index contributed by atoms with van der Waals surface area (Å²) >= 11 is 0. The Morgan fingerprint density at radius 3 is 2.15 bits per heavy atom. The molecular weight excluding hydrogens is 422 g/mol. The van der Waals surface area contributed by atoms with Gasteiger partial charge >= 0.3 is 0 Å². The minimum atomic E-state index is -0.439. The van der Waals surface area contributed by atoms with Gasteiger partial charge in [0.2, 0.25) is 0 Å². The number of amides is 2. The number of nitro groups is 1. The number of imide groups is 1. The molecule has 0 aromatic heterocycles. The molecule has 0 N–H and O–H groups in total. The average Bonchev–Trinajstić information content (AvgIpc) is 3.62. The molecule has 7 rings (SSSR count). The lowest BCUT2D eigenvalue weighted by Crippen LogP contribution is -2.40. The Morgan fingerprint density at radius 2 is 1.58 bits per heavy atom. The number of allylic oxidation sites excluding steroid dienone is 2. The van der Waals surface area contributed by atoms with Crippen molar-refractivity contribution in [3.05, 3.63) is 81.9 Å². The Bertz CT molecular complexity index is 1170. The summed E-state index contributed by atoms with van der Waals surface area (Å²) in [7, 11) is 0. The van der Waals surface area contributed by atoms with Gasteiger partial charge < -0.3 is 4.74 Å². The van der Waals surface area contributed by atoms with Gasteiger partial charge in [-0.25, -0.2) is 0 Å². The van der Waals surface area contributed by atoms with Crippen LogP contribution in [0.3, 0.4) is 0 Å². The van der Waals surface area contributed by atoms with Gasteiger partial charge in [0.25, 0.3) is 17.5 Å². The Kier molecular flexibility index (Phi) is 4.43. The van der Waals surface area contributed by atoms with E-state index in [1.54, 1.807) is 36.4 Å². The summed E-state index contributed by atoms with van der Waals surface area (Å²) in [5.74, 6) is 1.31. The first-order valence-electron chi connectivity index (χ1n) is 11.1. The maximum absolute atomic E-state index is 13.0. The summed E-state index contributed by atoms with van der Waals surface area (Å²) in [6.07, 6.45) is 6.96. The molecule has 33 heavy (non-hydrogen) atoms. The Hall–Kier alpha value is -3.81. The maximum atomic E-state index is 13.0. The van der Waals surface area contributed by atoms with E-state index in [9.17, 15) is 19.7 Å². The summed E-state index contributed by atoms with van der Waals surface area (Å²) in [5, 5.41) is 16.1. The van der Waals surface area contributed by atoms with Gasteiger partial charge in [-0.3, -0.25) is 19.7 Å². The number of hydrogen-bond donors (Lipinski definition) is 0. The van der Waals surface area contributed by atoms with Crippen molar-refractivity contribution in [2.45, 2.75) is 13.0 Å². The van der Waals surface area contributed by atoms with E-state index in [0.29, 0.717) is 17.6 Å². The van der Waals surface area contributed by atoms with Crippen LogP contribution in [0.5, 0.6) is 5.75 Å². The van der Waals surface area contributed by atoms with E-state index in [1.807, 2.05) is 0 Å². The topological polar surface area (TPSA) is 102 Å². The molecule has 8 heteroatoms. The monoisotopic (exact) mass is 443 g/mol. The van der Waals surface area contributed by atoms with Crippen LogP contribution in [-0.2, 0) is 16.2 Å². The highest BCUT2D eigenvalue weighted by atomic mass is 16.6. The molecule has 2 aromatic rings. The fraction of sp³-hybridized carbons (Fsp3) is 0.320. The van der Waals surface area contributed by atoms with Crippen molar-refractivity contribution in [3.63, 3.8) is 0 Å². The molecule has 8 nitrogen and oxygen atoms in total. The van der Waals surface area contributed by atoms with Crippen molar-refractivity contribution in [1.82, 2.24) is 5.01 Å². The van der Waals surface area contributed by atoms with E-state index in [0.717, 1.165) is 22.6 Å². The van der Waals surface area contributed by atoms with Crippen molar-refractivity contribution in [3.8, 4) is 5.75 Å². The Balaban J connectivity index is 1.09. The van der Waals surface area contributed by atoms with Crippen molar-refractivity contribution in [2.75, 3.05) is 0 Å². The number of ether oxygens (including phenoxy) is 1. The Morgan fingerprint density at radius 1 is 0.970 bits per heavy atom. The van der Waals surface area contributed by atoms with E-state index < -0.39 is 4.92 Å². The molecule has 2 bridgehead atoms. The van der Waals surface area contributed by atoms with Crippen molar-refractivity contribution < 1.29 is 19.2 Å². The van der Waals surface area contributed by atoms with E-state index in [1.165, 1.54) is 18.3 Å². The number of carbonyl (C=O) groups excluding carboxylic acids is 2. The van der Waals surface area contributed by atoms with Gasteiger partial charge in [-0.1, -0.05) is 12.2 Å². The second kappa shape index (κ2) is 7.37. The van der Waals surface area contributed by atoms with E-state index in [2.05, 4.69) is 17.3 Å². The lowest BCUT2D eigenvalue weighted by atomic mass is 9.63. The molecule has 3 fully saturated rings. The summed E-state index contributed by atoms with van der Waals surface area (Å²) < 4.78 is 5.73. The predicted octanol–water partition coefficient (Wildman–Crippen LogP) is 3.56. The molecule has 6 atom stereocenters. The molecule has 0 unspecified atom stereocenters. The summed E-state index contributed by atoms with van der Waals surface area (Å²) in [4.78, 5) is 36.2. The van der Waals surface area contributed by atoms with Gasteiger partial charge in [0, 0.05) is 12.1 Å². The molecule has 1 aliphatic heterocycles. The van der Waals surface area contributed by atoms with Crippen LogP contribution in [0.1, 0.15) is 17.5 Å². The minimum Gasteiger partial charge on any atom is -0.489 e. The number of nitro benzene ring substituents is 1. The van der Waals surface area contributed by atoms with Crippen LogP contribution in [0, 0.1) is 45.6 Å². The highest BCUT2D eigenvalue weighted by Gasteiger charge is 2.67. The summed E-state index contributed by atoms with van der Waals surface area (Å²) in [6, 6.07) is 13.4. The lowest BCUT2D eigenvalue weighted by Gasteiger charge is -2.37. The molecule has 2 amide bonds. The Labute approximate surface area is 189 Å². The summed E-state index contributed by atoms with van der Waals surface area (Å²) in [5.41, 5.74) is 1.61. The average molecular weight is 443 g/mol. The molecule has 5 aliphatic rings. The van der Waals surface area contributed by atoms with Gasteiger partial charge in [-0.05, 0) is 77.6 Å². The minimum absolute atomic E-state index is 0.0392. The van der Waals surface area contributed by atoms with Crippen molar-refractivity contribution in [2.24, 2.45) is 40.6 Å². The standard InChI is InChI=1S/C25H21N3O5/c29-24-22-18-9-10-19(21-11-20(18)21)23(22)25(30)27(24)26-12-14-3-7-17(8-4-14)33-13-15-1-5-16(6-2-15)28(31)32/h1-10,12,18-23H,11,13H2/b26-12+/t18-,19-,20-,21-,22-,23+/m1/s1. The van der Waals surface area contributed by atoms with E-state index in [4.69, 9.17) is 4.74 Å². The highest BCUT2D eigenvalue weighted by Crippen LogP contribution is 2.65. The van der Waals surface area contributed by atoms with E-state index in [-0.39, 0.29) is 47.8 Å². The quantitative estimate of drug-likeness (QED) is 0.223. The molecule has 166 valence electrons. The smallest absolute Gasteiger partial charge is 0.269 e. The zero-order chi connectivity index (χ0) is 22.7. The highest BCUT2D eigenvalue weighted by molar-refractivity contribution is 6.06. The second-order valence-electron chi connectivity index (χ2n) is 9.17. The first-order chi connectivity index (χ1) is 16.0. The molecule has 1 saturated heterocycles. The number of rotatable bonds is 6. The van der Waals surface area contributed by atoms with Crippen molar-refractivity contribution in [1.29, 1.82) is 0 Å². The van der Waals surface area contributed by atoms with Crippen LogP contribution in [0.2, 0.25) is 0 Å². The van der Waals surface area contributed by atoms with Gasteiger partial charge in [0.05, 0.1) is 23.0 Å². The van der Waals surface area contributed by atoms with Gasteiger partial charge in [-0.2, -0.15) is 10.1 Å². The normalized spacial score (nSPS) is 31.1. The number of hydrogen-bond acceptors (Lipinski definition) is 6. The van der Waals surface area contributed by atoms with E-state index >= 15 is 0 Å². The number of non-ortho nitro benzene ring substituents is 1. The van der Waals surface area contributed by atoms with Crippen molar-refractivity contribution >= 4 is 23.7 Å². The molecule has 1 heterocycles. The molecule has 2 saturated carbocycles. The van der Waals surface area contributed by atoms with Crippen LogP contribution in [0.15, 0.2) is 65.8 Å². The lowest BCUT2D eigenvalue weighted by molar-refractivity contribution is -0.384. The van der Waals surface area contributed by atoms with Crippen LogP contribution < -0.4 is 4.74 Å². The SMILES string of the molecule is O=C1[C@@H]2[C@@H]3C=C[C@H]([C@H]4C[C@H]34)[C@@H]2C(=O)N1/N=C/c1ccc(OCc2ccc([N+](=O)[O-])cc2)cc1. The maximum Gasteiger partial charge on any atom is 0.269 e. The molecule has 2 aromatic carbocycles. The predicted molar refractivity (Wildman–Crippen MR) is 118 cm³/mol. The first-order valence-corrected chi connectivity index (χ1v) is 11.1. The van der Waals surface area contributed by atoms with Gasteiger partial charge in [-0.15, -0.1) is 0 Å². The largest absolute Gasteiger partial charge is 0.489 e. The first kappa shape index (κ1) is 19.8.